The zero-order valence-electron chi connectivity index (χ0n) is 11.9. The van der Waals surface area contributed by atoms with Crippen LogP contribution in [0.25, 0.3) is 0 Å². The topological polar surface area (TPSA) is 44.3 Å². The summed E-state index contributed by atoms with van der Waals surface area (Å²) < 4.78 is 0. The molecule has 0 bridgehead atoms. The van der Waals surface area contributed by atoms with Crippen LogP contribution in [0.1, 0.15) is 18.6 Å². The van der Waals surface area contributed by atoms with Crippen molar-refractivity contribution >= 4 is 46.2 Å². The quantitative estimate of drug-likeness (QED) is 0.712. The molecule has 0 saturated heterocycles. The first-order valence-electron chi connectivity index (χ1n) is 6.73. The van der Waals surface area contributed by atoms with E-state index in [1.807, 2.05) is 37.3 Å². The largest absolute Gasteiger partial charge is 0.386 e. The number of nitrogens with one attached hydrogen (secondary N) is 2. The van der Waals surface area contributed by atoms with Gasteiger partial charge in [0.05, 0.1) is 22.2 Å². The molecule has 2 atom stereocenters. The molecule has 3 nitrogen and oxygen atoms in total. The number of halogens is 2. The lowest BCUT2D eigenvalue weighted by Crippen LogP contribution is -2.39. The smallest absolute Gasteiger partial charge is 0.171 e. The first-order valence-corrected chi connectivity index (χ1v) is 7.89. The highest BCUT2D eigenvalue weighted by atomic mass is 35.5. The molecule has 0 spiro atoms. The Labute approximate surface area is 145 Å². The fourth-order valence-electron chi connectivity index (χ4n) is 1.97. The van der Waals surface area contributed by atoms with Crippen LogP contribution in [0, 0.1) is 0 Å². The number of hydrogen-bond donors (Lipinski definition) is 3. The molecular formula is C16H16Cl2N2OS. The van der Waals surface area contributed by atoms with Gasteiger partial charge in [-0.05, 0) is 42.9 Å². The standard InChI is InChI=1S/C16H16Cl2N2OS/c1-10(15(21)11-5-3-2-4-6-11)19-16(22)20-12-7-8-13(17)14(18)9-12/h2-10,15,21H,1H3,(H2,19,20,22). The SMILES string of the molecule is CC(NC(=S)Nc1ccc(Cl)c(Cl)c1)C(O)c1ccccc1. The Balaban J connectivity index is 1.95. The van der Waals surface area contributed by atoms with Crippen LogP contribution in [0.15, 0.2) is 48.5 Å². The first-order chi connectivity index (χ1) is 10.5. The van der Waals surface area contributed by atoms with E-state index >= 15 is 0 Å². The van der Waals surface area contributed by atoms with E-state index in [9.17, 15) is 5.11 Å². The van der Waals surface area contributed by atoms with Gasteiger partial charge in [-0.25, -0.2) is 0 Å². The highest BCUT2D eigenvalue weighted by Crippen LogP contribution is 2.25. The predicted molar refractivity (Wildman–Crippen MR) is 96.7 cm³/mol. The van der Waals surface area contributed by atoms with Gasteiger partial charge in [-0.2, -0.15) is 0 Å². The van der Waals surface area contributed by atoms with Gasteiger partial charge in [-0.1, -0.05) is 53.5 Å². The molecule has 116 valence electrons. The Bertz CT molecular complexity index is 652. The summed E-state index contributed by atoms with van der Waals surface area (Å²) in [5.74, 6) is 0. The number of aliphatic hydroxyl groups excluding tert-OH is 1. The van der Waals surface area contributed by atoms with Gasteiger partial charge in [0.2, 0.25) is 0 Å². The minimum absolute atomic E-state index is 0.245. The number of thiocarbonyl (C=S) groups is 1. The summed E-state index contributed by atoms with van der Waals surface area (Å²) in [4.78, 5) is 0. The maximum absolute atomic E-state index is 10.3. The molecule has 2 aromatic carbocycles. The number of aliphatic hydroxyl groups is 1. The number of rotatable bonds is 4. The summed E-state index contributed by atoms with van der Waals surface area (Å²) in [7, 11) is 0. The molecule has 0 amide bonds. The first kappa shape index (κ1) is 17.0. The molecular weight excluding hydrogens is 339 g/mol. The summed E-state index contributed by atoms with van der Waals surface area (Å²) in [5.41, 5.74) is 1.56. The van der Waals surface area contributed by atoms with Crippen molar-refractivity contribution in [1.29, 1.82) is 0 Å². The average Bonchev–Trinajstić information content (AvgIpc) is 2.51. The molecule has 0 saturated carbocycles. The molecule has 6 heteroatoms. The van der Waals surface area contributed by atoms with E-state index < -0.39 is 6.10 Å². The molecule has 0 aromatic heterocycles. The highest BCUT2D eigenvalue weighted by molar-refractivity contribution is 7.80. The number of anilines is 1. The summed E-state index contributed by atoms with van der Waals surface area (Å²) in [5, 5.41) is 17.7. The van der Waals surface area contributed by atoms with Crippen molar-refractivity contribution in [3.8, 4) is 0 Å². The van der Waals surface area contributed by atoms with E-state index in [0.717, 1.165) is 11.3 Å². The zero-order chi connectivity index (χ0) is 16.1. The van der Waals surface area contributed by atoms with Crippen LogP contribution in [-0.2, 0) is 0 Å². The molecule has 0 radical (unpaired) electrons. The third-order valence-electron chi connectivity index (χ3n) is 3.15. The molecule has 22 heavy (non-hydrogen) atoms. The second kappa shape index (κ2) is 7.79. The van der Waals surface area contributed by atoms with Gasteiger partial charge in [-0.3, -0.25) is 0 Å². The van der Waals surface area contributed by atoms with Gasteiger partial charge in [-0.15, -0.1) is 0 Å². The molecule has 2 aromatic rings. The van der Waals surface area contributed by atoms with Crippen molar-refractivity contribution in [2.45, 2.75) is 19.1 Å². The second-order valence-electron chi connectivity index (χ2n) is 4.87. The Hall–Kier alpha value is -1.33. The molecule has 0 heterocycles. The minimum atomic E-state index is -0.658. The van der Waals surface area contributed by atoms with Crippen LogP contribution < -0.4 is 10.6 Å². The summed E-state index contributed by atoms with van der Waals surface area (Å²) >= 11 is 17.1. The Morgan fingerprint density at radius 2 is 1.77 bits per heavy atom. The van der Waals surface area contributed by atoms with Crippen molar-refractivity contribution in [3.05, 3.63) is 64.1 Å². The lowest BCUT2D eigenvalue weighted by Gasteiger charge is -2.22. The van der Waals surface area contributed by atoms with E-state index in [4.69, 9.17) is 35.4 Å². The fourth-order valence-corrected chi connectivity index (χ4v) is 2.57. The summed E-state index contributed by atoms with van der Waals surface area (Å²) in [6.07, 6.45) is -0.658. The molecule has 2 unspecified atom stereocenters. The Kier molecular flexibility index (Phi) is 6.03. The highest BCUT2D eigenvalue weighted by Gasteiger charge is 2.16. The van der Waals surface area contributed by atoms with Crippen LogP contribution in [0.2, 0.25) is 10.0 Å². The van der Waals surface area contributed by atoms with Gasteiger partial charge < -0.3 is 15.7 Å². The van der Waals surface area contributed by atoms with Gasteiger partial charge in [0.25, 0.3) is 0 Å². The molecule has 0 aliphatic heterocycles. The third-order valence-corrected chi connectivity index (χ3v) is 4.11. The van der Waals surface area contributed by atoms with E-state index in [1.165, 1.54) is 0 Å². The van der Waals surface area contributed by atoms with E-state index in [-0.39, 0.29) is 6.04 Å². The van der Waals surface area contributed by atoms with Crippen LogP contribution in [0.3, 0.4) is 0 Å². The molecule has 0 aliphatic rings. The average molecular weight is 355 g/mol. The van der Waals surface area contributed by atoms with Crippen LogP contribution in [0.5, 0.6) is 0 Å². The molecule has 0 fully saturated rings. The monoisotopic (exact) mass is 354 g/mol. The summed E-state index contributed by atoms with van der Waals surface area (Å²) in [6.45, 7) is 1.86. The van der Waals surface area contributed by atoms with Crippen LogP contribution in [0.4, 0.5) is 5.69 Å². The van der Waals surface area contributed by atoms with Crippen molar-refractivity contribution in [3.63, 3.8) is 0 Å². The zero-order valence-corrected chi connectivity index (χ0v) is 14.2. The number of hydrogen-bond acceptors (Lipinski definition) is 2. The van der Waals surface area contributed by atoms with Crippen molar-refractivity contribution in [2.24, 2.45) is 0 Å². The molecule has 0 aliphatic carbocycles. The van der Waals surface area contributed by atoms with Crippen molar-refractivity contribution < 1.29 is 5.11 Å². The van der Waals surface area contributed by atoms with Crippen molar-refractivity contribution in [2.75, 3.05) is 5.32 Å². The maximum Gasteiger partial charge on any atom is 0.171 e. The van der Waals surface area contributed by atoms with Crippen molar-refractivity contribution in [1.82, 2.24) is 5.32 Å². The minimum Gasteiger partial charge on any atom is -0.386 e. The lowest BCUT2D eigenvalue weighted by atomic mass is 10.0. The third kappa shape index (κ3) is 4.58. The van der Waals surface area contributed by atoms with Gasteiger partial charge in [0, 0.05) is 5.69 Å². The van der Waals surface area contributed by atoms with Gasteiger partial charge in [0.1, 0.15) is 0 Å². The summed E-state index contributed by atoms with van der Waals surface area (Å²) in [6, 6.07) is 14.3. The lowest BCUT2D eigenvalue weighted by molar-refractivity contribution is 0.145. The van der Waals surface area contributed by atoms with E-state index in [0.29, 0.717) is 15.2 Å². The molecule has 2 rings (SSSR count). The second-order valence-corrected chi connectivity index (χ2v) is 6.09. The molecule has 3 N–H and O–H groups in total. The Morgan fingerprint density at radius 3 is 2.41 bits per heavy atom. The fraction of sp³-hybridized carbons (Fsp3) is 0.188. The Morgan fingerprint density at radius 1 is 1.09 bits per heavy atom. The maximum atomic E-state index is 10.3. The number of benzene rings is 2. The normalized spacial score (nSPS) is 13.3. The van der Waals surface area contributed by atoms with Crippen LogP contribution in [-0.4, -0.2) is 16.3 Å². The van der Waals surface area contributed by atoms with Gasteiger partial charge in [0.15, 0.2) is 5.11 Å². The van der Waals surface area contributed by atoms with Crippen LogP contribution >= 0.6 is 35.4 Å². The van der Waals surface area contributed by atoms with E-state index in [2.05, 4.69) is 10.6 Å². The van der Waals surface area contributed by atoms with Gasteiger partial charge >= 0.3 is 0 Å². The van der Waals surface area contributed by atoms with E-state index in [1.54, 1.807) is 18.2 Å². The predicted octanol–water partition coefficient (Wildman–Crippen LogP) is 4.40.